The van der Waals surface area contributed by atoms with Crippen molar-refractivity contribution in [3.05, 3.63) is 0 Å². The number of nitrogens with zero attached hydrogens (tertiary/aromatic N) is 2. The van der Waals surface area contributed by atoms with Gasteiger partial charge in [0.15, 0.2) is 5.96 Å². The molecule has 1 amide bonds. The highest BCUT2D eigenvalue weighted by Crippen LogP contribution is 2.26. The highest BCUT2D eigenvalue weighted by atomic mass is 16.5. The minimum Gasteiger partial charge on any atom is -0.377 e. The number of rotatable bonds is 5. The fraction of sp³-hybridized carbons (Fsp3) is 0.889. The molecule has 24 heavy (non-hydrogen) atoms. The molecule has 0 spiro atoms. The summed E-state index contributed by atoms with van der Waals surface area (Å²) in [4.78, 5) is 19.0. The van der Waals surface area contributed by atoms with Crippen LogP contribution in [-0.2, 0) is 9.53 Å². The average Bonchev–Trinajstić information content (AvgIpc) is 3.07. The van der Waals surface area contributed by atoms with Crippen LogP contribution in [0.15, 0.2) is 4.99 Å². The van der Waals surface area contributed by atoms with Crippen LogP contribution >= 0.6 is 0 Å². The zero-order chi connectivity index (χ0) is 17.6. The summed E-state index contributed by atoms with van der Waals surface area (Å²) < 4.78 is 5.42. The Morgan fingerprint density at radius 2 is 1.96 bits per heavy atom. The van der Waals surface area contributed by atoms with E-state index in [-0.39, 0.29) is 17.6 Å². The molecule has 6 nitrogen and oxygen atoms in total. The van der Waals surface area contributed by atoms with Crippen LogP contribution < -0.4 is 10.6 Å². The van der Waals surface area contributed by atoms with Crippen LogP contribution in [0.1, 0.15) is 52.4 Å². The van der Waals surface area contributed by atoms with Gasteiger partial charge in [0.25, 0.3) is 0 Å². The molecule has 0 bridgehead atoms. The molecule has 1 saturated carbocycles. The zero-order valence-corrected chi connectivity index (χ0v) is 15.7. The first-order valence-corrected chi connectivity index (χ1v) is 9.26. The quantitative estimate of drug-likeness (QED) is 0.592. The molecule has 1 aliphatic heterocycles. The van der Waals surface area contributed by atoms with Gasteiger partial charge < -0.3 is 20.3 Å². The van der Waals surface area contributed by atoms with Crippen molar-refractivity contribution in [2.75, 3.05) is 33.8 Å². The second kappa shape index (κ2) is 8.70. The second-order valence-electron chi connectivity index (χ2n) is 7.64. The number of guanidine groups is 1. The maximum atomic E-state index is 12.6. The lowest BCUT2D eigenvalue weighted by atomic mass is 9.88. The first-order valence-electron chi connectivity index (χ1n) is 9.26. The molecule has 2 N–H and O–H groups in total. The Bertz CT molecular complexity index is 444. The molecule has 2 fully saturated rings. The zero-order valence-electron chi connectivity index (χ0n) is 15.7. The number of hydrogen-bond acceptors (Lipinski definition) is 3. The Kier molecular flexibility index (Phi) is 6.90. The predicted molar refractivity (Wildman–Crippen MR) is 97.1 cm³/mol. The van der Waals surface area contributed by atoms with Gasteiger partial charge in [0.05, 0.1) is 5.60 Å². The first kappa shape index (κ1) is 19.0. The maximum Gasteiger partial charge on any atom is 0.225 e. The van der Waals surface area contributed by atoms with Gasteiger partial charge in [0.1, 0.15) is 0 Å². The van der Waals surface area contributed by atoms with Crippen molar-refractivity contribution in [1.82, 2.24) is 15.5 Å². The summed E-state index contributed by atoms with van der Waals surface area (Å²) in [6.45, 7) is 6.39. The second-order valence-corrected chi connectivity index (χ2v) is 7.64. The van der Waals surface area contributed by atoms with Crippen LogP contribution in [-0.4, -0.2) is 62.2 Å². The van der Waals surface area contributed by atoms with Crippen molar-refractivity contribution in [3.63, 3.8) is 0 Å². The Labute approximate surface area is 146 Å². The largest absolute Gasteiger partial charge is 0.377 e. The molecule has 2 rings (SSSR count). The van der Waals surface area contributed by atoms with Gasteiger partial charge in [-0.15, -0.1) is 0 Å². The highest BCUT2D eigenvalue weighted by molar-refractivity contribution is 5.81. The number of methoxy groups -OCH3 is 1. The van der Waals surface area contributed by atoms with Crippen molar-refractivity contribution in [2.45, 2.75) is 64.0 Å². The molecular formula is C18H34N4O2. The van der Waals surface area contributed by atoms with E-state index in [1.807, 2.05) is 18.7 Å². The van der Waals surface area contributed by atoms with Gasteiger partial charge in [-0.25, -0.2) is 0 Å². The number of likely N-dealkylation sites (tertiary alicyclic amines) is 1. The van der Waals surface area contributed by atoms with Gasteiger partial charge in [-0.2, -0.15) is 0 Å². The number of aliphatic imine (C=N–C) groups is 1. The van der Waals surface area contributed by atoms with E-state index in [0.29, 0.717) is 12.5 Å². The molecule has 0 aromatic heterocycles. The normalized spacial score (nSPS) is 23.4. The lowest BCUT2D eigenvalue weighted by Crippen LogP contribution is -2.49. The molecule has 6 heteroatoms. The number of hydrogen-bond donors (Lipinski definition) is 2. The topological polar surface area (TPSA) is 66.0 Å². The number of amides is 1. The standard InChI is InChI=1S/C18H34N4O2/c1-18(2,24-4)13-20-17(19-3)21-15-10-11-22(12-15)16(23)14-8-6-5-7-9-14/h14-15H,5-13H2,1-4H3,(H2,19,20,21). The Morgan fingerprint density at radius 1 is 1.25 bits per heavy atom. The van der Waals surface area contributed by atoms with E-state index in [1.54, 1.807) is 14.2 Å². The van der Waals surface area contributed by atoms with Crippen molar-refractivity contribution in [2.24, 2.45) is 10.9 Å². The minimum atomic E-state index is -0.240. The molecule has 1 aliphatic carbocycles. The van der Waals surface area contributed by atoms with E-state index in [4.69, 9.17) is 4.74 Å². The number of nitrogens with one attached hydrogen (secondary N) is 2. The number of carbonyl (C=O) groups is 1. The lowest BCUT2D eigenvalue weighted by molar-refractivity contribution is -0.135. The Morgan fingerprint density at radius 3 is 2.58 bits per heavy atom. The van der Waals surface area contributed by atoms with E-state index >= 15 is 0 Å². The monoisotopic (exact) mass is 338 g/mol. The van der Waals surface area contributed by atoms with Crippen molar-refractivity contribution >= 4 is 11.9 Å². The van der Waals surface area contributed by atoms with E-state index in [2.05, 4.69) is 15.6 Å². The van der Waals surface area contributed by atoms with Gasteiger partial charge in [0, 0.05) is 45.8 Å². The molecule has 138 valence electrons. The van der Waals surface area contributed by atoms with Crippen LogP contribution in [0.25, 0.3) is 0 Å². The van der Waals surface area contributed by atoms with Gasteiger partial charge in [-0.1, -0.05) is 19.3 Å². The smallest absolute Gasteiger partial charge is 0.225 e. The molecule has 1 atom stereocenters. The van der Waals surface area contributed by atoms with Crippen LogP contribution in [0, 0.1) is 5.92 Å². The van der Waals surface area contributed by atoms with Gasteiger partial charge in [-0.3, -0.25) is 9.79 Å². The van der Waals surface area contributed by atoms with Crippen molar-refractivity contribution in [1.29, 1.82) is 0 Å². The Balaban J connectivity index is 1.78. The maximum absolute atomic E-state index is 12.6. The number of carbonyl (C=O) groups excluding carboxylic acids is 1. The third kappa shape index (κ3) is 5.36. The molecular weight excluding hydrogens is 304 g/mol. The molecule has 0 aromatic rings. The average molecular weight is 338 g/mol. The van der Waals surface area contributed by atoms with Crippen molar-refractivity contribution < 1.29 is 9.53 Å². The van der Waals surface area contributed by atoms with E-state index in [1.165, 1.54) is 19.3 Å². The Hall–Kier alpha value is -1.30. The molecule has 1 unspecified atom stereocenters. The van der Waals surface area contributed by atoms with Gasteiger partial charge >= 0.3 is 0 Å². The molecule has 1 saturated heterocycles. The van der Waals surface area contributed by atoms with E-state index < -0.39 is 0 Å². The molecule has 2 aliphatic rings. The van der Waals surface area contributed by atoms with Crippen LogP contribution in [0.5, 0.6) is 0 Å². The fourth-order valence-electron chi connectivity index (χ4n) is 3.44. The van der Waals surface area contributed by atoms with Crippen molar-refractivity contribution in [3.8, 4) is 0 Å². The fourth-order valence-corrected chi connectivity index (χ4v) is 3.44. The van der Waals surface area contributed by atoms with E-state index in [0.717, 1.165) is 38.3 Å². The summed E-state index contributed by atoms with van der Waals surface area (Å²) in [5.74, 6) is 1.40. The third-order valence-electron chi connectivity index (χ3n) is 5.25. The van der Waals surface area contributed by atoms with Crippen LogP contribution in [0.4, 0.5) is 0 Å². The van der Waals surface area contributed by atoms with Crippen LogP contribution in [0.2, 0.25) is 0 Å². The first-order chi connectivity index (χ1) is 11.4. The highest BCUT2D eigenvalue weighted by Gasteiger charge is 2.31. The summed E-state index contributed by atoms with van der Waals surface area (Å²) in [7, 11) is 3.48. The summed E-state index contributed by atoms with van der Waals surface area (Å²) in [6.07, 6.45) is 6.82. The SMILES string of the molecule is CN=C(NCC(C)(C)OC)NC1CCN(C(=O)C2CCCCC2)C1. The summed E-state index contributed by atoms with van der Waals surface area (Å²) in [6, 6.07) is 0.273. The van der Waals surface area contributed by atoms with E-state index in [9.17, 15) is 4.79 Å². The summed E-state index contributed by atoms with van der Waals surface area (Å²) >= 11 is 0. The van der Waals surface area contributed by atoms with Gasteiger partial charge in [-0.05, 0) is 33.1 Å². The summed E-state index contributed by atoms with van der Waals surface area (Å²) in [5.41, 5.74) is -0.240. The lowest BCUT2D eigenvalue weighted by Gasteiger charge is -2.27. The number of ether oxygens (including phenoxy) is 1. The molecule has 0 aromatic carbocycles. The van der Waals surface area contributed by atoms with Crippen LogP contribution in [0.3, 0.4) is 0 Å². The third-order valence-corrected chi connectivity index (χ3v) is 5.25. The molecule has 1 heterocycles. The minimum absolute atomic E-state index is 0.240. The predicted octanol–water partition coefficient (Wildman–Crippen LogP) is 1.76. The summed E-state index contributed by atoms with van der Waals surface area (Å²) in [5, 5.41) is 6.74. The van der Waals surface area contributed by atoms with Gasteiger partial charge in [0.2, 0.25) is 5.91 Å². The molecule has 0 radical (unpaired) electrons.